The third kappa shape index (κ3) is 1.85. The van der Waals surface area contributed by atoms with Gasteiger partial charge in [0, 0.05) is 5.70 Å². The Morgan fingerprint density at radius 3 is 2.40 bits per heavy atom. The lowest BCUT2D eigenvalue weighted by molar-refractivity contribution is -0.136. The van der Waals surface area contributed by atoms with Gasteiger partial charge in [-0.25, -0.2) is 8.78 Å². The van der Waals surface area contributed by atoms with Crippen molar-refractivity contribution in [1.29, 1.82) is 5.26 Å². The van der Waals surface area contributed by atoms with Gasteiger partial charge in [0.25, 0.3) is 0 Å². The summed E-state index contributed by atoms with van der Waals surface area (Å²) in [6, 6.07) is 0.750. The monoisotopic (exact) mass is 280 g/mol. The van der Waals surface area contributed by atoms with Crippen molar-refractivity contribution in [2.75, 3.05) is 0 Å². The first-order valence-electron chi connectivity index (χ1n) is 6.22. The van der Waals surface area contributed by atoms with Crippen molar-refractivity contribution < 1.29 is 18.4 Å². The van der Waals surface area contributed by atoms with E-state index in [0.717, 1.165) is 17.1 Å². The fraction of sp³-hybridized carbons (Fsp3) is 0.500. The minimum absolute atomic E-state index is 0.00192. The summed E-state index contributed by atoms with van der Waals surface area (Å²) in [4.78, 5) is 25.4. The Morgan fingerprint density at radius 2 is 2.00 bits per heavy atom. The van der Waals surface area contributed by atoms with Gasteiger partial charge >= 0.3 is 0 Å². The van der Waals surface area contributed by atoms with Crippen LogP contribution in [-0.4, -0.2) is 28.8 Å². The number of nitriles is 1. The van der Waals surface area contributed by atoms with Crippen LogP contribution in [0.3, 0.4) is 0 Å². The Labute approximate surface area is 115 Å². The van der Waals surface area contributed by atoms with Crippen LogP contribution in [0.2, 0.25) is 0 Å². The van der Waals surface area contributed by atoms with E-state index in [0.29, 0.717) is 0 Å². The number of rotatable bonds is 1. The van der Waals surface area contributed by atoms with Crippen molar-refractivity contribution in [3.05, 3.63) is 23.7 Å². The molecule has 1 amide bonds. The van der Waals surface area contributed by atoms with E-state index < -0.39 is 35.3 Å². The van der Waals surface area contributed by atoms with Crippen LogP contribution >= 0.6 is 0 Å². The van der Waals surface area contributed by atoms with Crippen LogP contribution < -0.4 is 0 Å². The number of hydrogen-bond donors (Lipinski definition) is 0. The first-order valence-corrected chi connectivity index (χ1v) is 6.22. The lowest BCUT2D eigenvalue weighted by Crippen LogP contribution is -2.35. The van der Waals surface area contributed by atoms with E-state index in [1.165, 1.54) is 26.8 Å². The SMILES string of the molecule is CC1C(=O)C(C)(C)C(=O)N1C1=CC(F)C(C#N)C(F)=C1. The van der Waals surface area contributed by atoms with Crippen LogP contribution in [0.1, 0.15) is 20.8 Å². The number of carbonyl (C=O) groups is 2. The predicted octanol–water partition coefficient (Wildman–Crippen LogP) is 2.04. The zero-order chi connectivity index (χ0) is 15.2. The Kier molecular flexibility index (Phi) is 3.24. The number of allylic oxidation sites excluding steroid dienone is 3. The molecular formula is C14H14F2N2O2. The Balaban J connectivity index is 2.42. The normalized spacial score (nSPS) is 32.8. The van der Waals surface area contributed by atoms with E-state index in [2.05, 4.69) is 0 Å². The third-order valence-electron chi connectivity index (χ3n) is 3.78. The molecule has 0 saturated carbocycles. The number of amides is 1. The van der Waals surface area contributed by atoms with Gasteiger partial charge < -0.3 is 4.90 Å². The average molecular weight is 280 g/mol. The van der Waals surface area contributed by atoms with Gasteiger partial charge in [-0.2, -0.15) is 5.26 Å². The summed E-state index contributed by atoms with van der Waals surface area (Å²) >= 11 is 0. The molecule has 0 aromatic carbocycles. The fourth-order valence-electron chi connectivity index (χ4n) is 2.54. The molecule has 1 aliphatic heterocycles. The highest BCUT2D eigenvalue weighted by Crippen LogP contribution is 2.37. The van der Waals surface area contributed by atoms with Gasteiger partial charge in [-0.15, -0.1) is 0 Å². The van der Waals surface area contributed by atoms with E-state index >= 15 is 0 Å². The van der Waals surface area contributed by atoms with Gasteiger partial charge in [0.15, 0.2) is 5.78 Å². The van der Waals surface area contributed by atoms with Crippen LogP contribution in [0.5, 0.6) is 0 Å². The average Bonchev–Trinajstić information content (AvgIpc) is 2.50. The van der Waals surface area contributed by atoms with Crippen LogP contribution in [0, 0.1) is 22.7 Å². The molecule has 0 radical (unpaired) electrons. The zero-order valence-electron chi connectivity index (χ0n) is 11.4. The fourth-order valence-corrected chi connectivity index (χ4v) is 2.54. The van der Waals surface area contributed by atoms with Crippen LogP contribution in [0.4, 0.5) is 8.78 Å². The maximum Gasteiger partial charge on any atom is 0.240 e. The van der Waals surface area contributed by atoms with Gasteiger partial charge in [0.1, 0.15) is 23.3 Å². The second kappa shape index (κ2) is 4.51. The first-order chi connectivity index (χ1) is 9.21. The molecule has 0 aromatic rings. The maximum atomic E-state index is 13.7. The van der Waals surface area contributed by atoms with Crippen LogP contribution in [0.15, 0.2) is 23.7 Å². The number of carbonyl (C=O) groups excluding carboxylic acids is 2. The Hall–Kier alpha value is -2.03. The van der Waals surface area contributed by atoms with Crippen molar-refractivity contribution in [1.82, 2.24) is 4.90 Å². The molecule has 1 fully saturated rings. The number of Topliss-reactive ketones (excluding diaryl/α,β-unsaturated/α-hetero) is 1. The molecule has 4 nitrogen and oxygen atoms in total. The molecule has 0 spiro atoms. The molecule has 6 heteroatoms. The van der Waals surface area contributed by atoms with Crippen LogP contribution in [-0.2, 0) is 9.59 Å². The highest BCUT2D eigenvalue weighted by atomic mass is 19.1. The molecule has 1 heterocycles. The standard InChI is InChI=1S/C14H14F2N2O2/c1-7-12(19)14(2,3)13(20)18(7)8-4-10(15)9(6-17)11(16)5-8/h4-5,7,9-10H,1-3H3. The molecule has 0 aromatic heterocycles. The number of likely N-dealkylation sites (tertiary alicyclic amines) is 1. The highest BCUT2D eigenvalue weighted by Gasteiger charge is 2.52. The lowest BCUT2D eigenvalue weighted by atomic mass is 9.89. The third-order valence-corrected chi connectivity index (χ3v) is 3.78. The molecule has 2 rings (SSSR count). The molecule has 1 saturated heterocycles. The van der Waals surface area contributed by atoms with Crippen molar-refractivity contribution in [2.45, 2.75) is 33.0 Å². The summed E-state index contributed by atoms with van der Waals surface area (Å²) in [6.07, 6.45) is 0.131. The number of halogens is 2. The van der Waals surface area contributed by atoms with Gasteiger partial charge in [-0.3, -0.25) is 9.59 Å². The molecule has 0 bridgehead atoms. The Bertz CT molecular complexity index is 586. The first kappa shape index (κ1) is 14.4. The second-order valence-electron chi connectivity index (χ2n) is 5.51. The number of hydrogen-bond acceptors (Lipinski definition) is 3. The van der Waals surface area contributed by atoms with Crippen molar-refractivity contribution in [3.8, 4) is 6.07 Å². The maximum absolute atomic E-state index is 13.7. The van der Waals surface area contributed by atoms with Crippen molar-refractivity contribution in [3.63, 3.8) is 0 Å². The number of alkyl halides is 1. The van der Waals surface area contributed by atoms with Crippen molar-refractivity contribution >= 4 is 11.7 Å². The molecule has 106 valence electrons. The minimum Gasteiger partial charge on any atom is -0.301 e. The highest BCUT2D eigenvalue weighted by molar-refractivity contribution is 6.14. The summed E-state index contributed by atoms with van der Waals surface area (Å²) in [5, 5.41) is 8.68. The van der Waals surface area contributed by atoms with E-state index in [-0.39, 0.29) is 11.5 Å². The summed E-state index contributed by atoms with van der Waals surface area (Å²) in [5.41, 5.74) is -1.21. The summed E-state index contributed by atoms with van der Waals surface area (Å²) in [6.45, 7) is 4.50. The topological polar surface area (TPSA) is 61.2 Å². The van der Waals surface area contributed by atoms with E-state index in [9.17, 15) is 18.4 Å². The molecule has 0 N–H and O–H groups in total. The van der Waals surface area contributed by atoms with Gasteiger partial charge in [-0.1, -0.05) is 0 Å². The predicted molar refractivity (Wildman–Crippen MR) is 66.4 cm³/mol. The number of ketones is 1. The molecule has 1 aliphatic carbocycles. The molecular weight excluding hydrogens is 266 g/mol. The lowest BCUT2D eigenvalue weighted by Gasteiger charge is -2.26. The quantitative estimate of drug-likeness (QED) is 0.690. The molecule has 3 atom stereocenters. The Morgan fingerprint density at radius 1 is 1.40 bits per heavy atom. The van der Waals surface area contributed by atoms with E-state index in [4.69, 9.17) is 5.26 Å². The van der Waals surface area contributed by atoms with E-state index in [1.807, 2.05) is 0 Å². The van der Waals surface area contributed by atoms with Crippen LogP contribution in [0.25, 0.3) is 0 Å². The second-order valence-corrected chi connectivity index (χ2v) is 5.51. The minimum atomic E-state index is -1.83. The van der Waals surface area contributed by atoms with Gasteiger partial charge in [0.05, 0.1) is 12.1 Å². The van der Waals surface area contributed by atoms with Gasteiger partial charge in [-0.05, 0) is 32.9 Å². The van der Waals surface area contributed by atoms with E-state index in [1.54, 1.807) is 0 Å². The molecule has 20 heavy (non-hydrogen) atoms. The molecule has 2 aliphatic rings. The van der Waals surface area contributed by atoms with Gasteiger partial charge in [0.2, 0.25) is 5.91 Å². The zero-order valence-corrected chi connectivity index (χ0v) is 11.4. The summed E-state index contributed by atoms with van der Waals surface area (Å²) in [5.74, 6) is -3.21. The number of nitrogens with zero attached hydrogens (tertiary/aromatic N) is 2. The summed E-state index contributed by atoms with van der Waals surface area (Å²) < 4.78 is 27.4. The smallest absolute Gasteiger partial charge is 0.240 e. The molecule has 3 unspecified atom stereocenters. The summed E-state index contributed by atoms with van der Waals surface area (Å²) in [7, 11) is 0. The van der Waals surface area contributed by atoms with Crippen molar-refractivity contribution in [2.24, 2.45) is 11.3 Å². The largest absolute Gasteiger partial charge is 0.301 e.